The molecule has 0 saturated carbocycles. The van der Waals surface area contributed by atoms with E-state index in [4.69, 9.17) is 4.74 Å². The van der Waals surface area contributed by atoms with Crippen LogP contribution in [-0.4, -0.2) is 36.3 Å². The summed E-state index contributed by atoms with van der Waals surface area (Å²) >= 11 is 0. The Morgan fingerprint density at radius 2 is 1.57 bits per heavy atom. The van der Waals surface area contributed by atoms with Gasteiger partial charge in [-0.15, -0.1) is 0 Å². The maximum absolute atomic E-state index is 13.7. The van der Waals surface area contributed by atoms with Gasteiger partial charge in [-0.25, -0.2) is 0 Å². The predicted octanol–water partition coefficient (Wildman–Crippen LogP) is 5.24. The van der Waals surface area contributed by atoms with Crippen molar-refractivity contribution >= 4 is 0 Å². The van der Waals surface area contributed by atoms with Gasteiger partial charge in [0.15, 0.2) is 0 Å². The van der Waals surface area contributed by atoms with Crippen molar-refractivity contribution in [3.8, 4) is 16.9 Å². The number of benzene rings is 3. The minimum atomic E-state index is -4.46. The number of ether oxygens (including phenoxy) is 1. The molecule has 0 radical (unpaired) electrons. The first-order chi connectivity index (χ1) is 14.3. The molecule has 0 heterocycles. The summed E-state index contributed by atoms with van der Waals surface area (Å²) in [5.74, 6) is 0.658. The number of para-hydroxylation sites is 1. The third-order valence-corrected chi connectivity index (χ3v) is 4.63. The summed E-state index contributed by atoms with van der Waals surface area (Å²) in [5, 5.41) is 10.2. The lowest BCUT2D eigenvalue weighted by Gasteiger charge is -2.22. The molecule has 1 N–H and O–H groups in total. The van der Waals surface area contributed by atoms with Gasteiger partial charge in [-0.1, -0.05) is 60.7 Å². The van der Waals surface area contributed by atoms with Crippen LogP contribution in [0.2, 0.25) is 0 Å². The summed E-state index contributed by atoms with van der Waals surface area (Å²) in [4.78, 5) is 1.77. The molecule has 158 valence electrons. The fraction of sp³-hybridized carbons (Fsp3) is 0.250. The lowest BCUT2D eigenvalue weighted by molar-refractivity contribution is -0.137. The molecule has 0 aliphatic heterocycles. The highest BCUT2D eigenvalue weighted by Crippen LogP contribution is 2.37. The normalized spacial score (nSPS) is 12.7. The average Bonchev–Trinajstić information content (AvgIpc) is 2.73. The van der Waals surface area contributed by atoms with Crippen molar-refractivity contribution in [3.63, 3.8) is 0 Å². The molecule has 0 spiro atoms. The van der Waals surface area contributed by atoms with Crippen LogP contribution in [0.25, 0.3) is 11.1 Å². The summed E-state index contributed by atoms with van der Waals surface area (Å²) < 4.78 is 46.5. The third-order valence-electron chi connectivity index (χ3n) is 4.63. The zero-order chi connectivity index (χ0) is 21.6. The molecular formula is C24H24F3NO2. The quantitative estimate of drug-likeness (QED) is 0.546. The number of aliphatic hydroxyl groups is 1. The highest BCUT2D eigenvalue weighted by atomic mass is 19.4. The van der Waals surface area contributed by atoms with Crippen molar-refractivity contribution in [3.05, 3.63) is 90.0 Å². The Morgan fingerprint density at radius 1 is 0.933 bits per heavy atom. The van der Waals surface area contributed by atoms with E-state index in [1.807, 2.05) is 18.2 Å². The number of aliphatic hydroxyl groups excluding tert-OH is 1. The lowest BCUT2D eigenvalue weighted by Crippen LogP contribution is -2.32. The Kier molecular flexibility index (Phi) is 7.13. The largest absolute Gasteiger partial charge is 0.491 e. The second kappa shape index (κ2) is 9.78. The summed E-state index contributed by atoms with van der Waals surface area (Å²) in [6.07, 6.45) is -5.22. The van der Waals surface area contributed by atoms with E-state index in [1.54, 1.807) is 60.5 Å². The second-order valence-corrected chi connectivity index (χ2v) is 7.22. The fourth-order valence-electron chi connectivity index (χ4n) is 3.29. The van der Waals surface area contributed by atoms with Crippen LogP contribution in [0.1, 0.15) is 11.1 Å². The van der Waals surface area contributed by atoms with Crippen molar-refractivity contribution in [1.82, 2.24) is 4.90 Å². The zero-order valence-electron chi connectivity index (χ0n) is 16.6. The van der Waals surface area contributed by atoms with Gasteiger partial charge in [0.1, 0.15) is 18.5 Å². The summed E-state index contributed by atoms with van der Waals surface area (Å²) in [7, 11) is 1.75. The molecule has 0 amide bonds. The van der Waals surface area contributed by atoms with Gasteiger partial charge in [0.05, 0.1) is 5.56 Å². The molecule has 30 heavy (non-hydrogen) atoms. The first-order valence-corrected chi connectivity index (χ1v) is 9.63. The number of rotatable bonds is 8. The van der Waals surface area contributed by atoms with Crippen molar-refractivity contribution in [2.24, 2.45) is 0 Å². The smallest absolute Gasteiger partial charge is 0.417 e. The van der Waals surface area contributed by atoms with Crippen molar-refractivity contribution < 1.29 is 23.0 Å². The van der Waals surface area contributed by atoms with Crippen molar-refractivity contribution in [2.45, 2.75) is 18.8 Å². The lowest BCUT2D eigenvalue weighted by atomic mass is 9.97. The van der Waals surface area contributed by atoms with Crippen molar-refractivity contribution in [1.29, 1.82) is 0 Å². The minimum Gasteiger partial charge on any atom is -0.491 e. The monoisotopic (exact) mass is 415 g/mol. The average molecular weight is 415 g/mol. The Bertz CT molecular complexity index is 930. The molecule has 3 aromatic rings. The van der Waals surface area contributed by atoms with E-state index in [1.165, 1.54) is 12.1 Å². The van der Waals surface area contributed by atoms with Crippen LogP contribution >= 0.6 is 0 Å². The van der Waals surface area contributed by atoms with Crippen LogP contribution < -0.4 is 4.74 Å². The Hall–Kier alpha value is -2.83. The molecule has 0 aliphatic carbocycles. The fourth-order valence-corrected chi connectivity index (χ4v) is 3.29. The number of alkyl halides is 3. The van der Waals surface area contributed by atoms with Gasteiger partial charge in [-0.05, 0) is 41.9 Å². The van der Waals surface area contributed by atoms with Crippen LogP contribution in [0.4, 0.5) is 13.2 Å². The predicted molar refractivity (Wildman–Crippen MR) is 111 cm³/mol. The zero-order valence-corrected chi connectivity index (χ0v) is 16.6. The third kappa shape index (κ3) is 6.08. The molecular weight excluding hydrogens is 391 g/mol. The molecule has 1 unspecified atom stereocenters. The molecule has 3 nitrogen and oxygen atoms in total. The Balaban J connectivity index is 1.65. The standard InChI is InChI=1S/C24H24F3NO2/c1-28(16-20(29)17-30-21-10-6-3-7-11-21)15-18-12-13-22(19-8-4-2-5-9-19)23(14-18)24(25,26)27/h2-14,20,29H,15-17H2,1H3. The first-order valence-electron chi connectivity index (χ1n) is 9.63. The minimum absolute atomic E-state index is 0.106. The van der Waals surface area contributed by atoms with Gasteiger partial charge in [-0.2, -0.15) is 13.2 Å². The number of halogens is 3. The number of hydrogen-bond acceptors (Lipinski definition) is 3. The summed E-state index contributed by atoms with van der Waals surface area (Å²) in [6.45, 7) is 0.657. The topological polar surface area (TPSA) is 32.7 Å². The van der Waals surface area contributed by atoms with Gasteiger partial charge in [0, 0.05) is 13.1 Å². The second-order valence-electron chi connectivity index (χ2n) is 7.22. The van der Waals surface area contributed by atoms with Gasteiger partial charge in [0.25, 0.3) is 0 Å². The number of hydrogen-bond donors (Lipinski definition) is 1. The van der Waals surface area contributed by atoms with E-state index in [2.05, 4.69) is 0 Å². The molecule has 0 saturated heterocycles. The van der Waals surface area contributed by atoms with Crippen LogP contribution in [0.5, 0.6) is 5.75 Å². The SMILES string of the molecule is CN(Cc1ccc(-c2ccccc2)c(C(F)(F)F)c1)CC(O)COc1ccccc1. The molecule has 0 aliphatic rings. The Labute approximate surface area is 174 Å². The van der Waals surface area contributed by atoms with E-state index >= 15 is 0 Å². The van der Waals surface area contributed by atoms with E-state index in [9.17, 15) is 18.3 Å². The first kappa shape index (κ1) is 21.9. The van der Waals surface area contributed by atoms with Crippen LogP contribution in [0.3, 0.4) is 0 Å². The van der Waals surface area contributed by atoms with E-state index < -0.39 is 17.8 Å². The van der Waals surface area contributed by atoms with Gasteiger partial charge in [0.2, 0.25) is 0 Å². The van der Waals surface area contributed by atoms with Gasteiger partial charge < -0.3 is 9.84 Å². The van der Waals surface area contributed by atoms with E-state index in [0.717, 1.165) is 0 Å². The molecule has 1 atom stereocenters. The molecule has 0 bridgehead atoms. The molecule has 0 aromatic heterocycles. The maximum Gasteiger partial charge on any atom is 0.417 e. The maximum atomic E-state index is 13.7. The van der Waals surface area contributed by atoms with Crippen LogP contribution in [0.15, 0.2) is 78.9 Å². The summed E-state index contributed by atoms with van der Waals surface area (Å²) in [6, 6.07) is 22.1. The molecule has 6 heteroatoms. The molecule has 3 aromatic carbocycles. The summed E-state index contributed by atoms with van der Waals surface area (Å²) in [5.41, 5.74) is 0.553. The van der Waals surface area contributed by atoms with Gasteiger partial charge in [-0.3, -0.25) is 4.90 Å². The van der Waals surface area contributed by atoms with E-state index in [0.29, 0.717) is 16.9 Å². The Morgan fingerprint density at radius 3 is 2.20 bits per heavy atom. The van der Waals surface area contributed by atoms with Crippen molar-refractivity contribution in [2.75, 3.05) is 20.2 Å². The van der Waals surface area contributed by atoms with Crippen LogP contribution in [0, 0.1) is 0 Å². The van der Waals surface area contributed by atoms with E-state index in [-0.39, 0.29) is 25.3 Å². The number of nitrogens with zero attached hydrogens (tertiary/aromatic N) is 1. The van der Waals surface area contributed by atoms with Gasteiger partial charge >= 0.3 is 6.18 Å². The highest BCUT2D eigenvalue weighted by Gasteiger charge is 2.34. The highest BCUT2D eigenvalue weighted by molar-refractivity contribution is 5.68. The molecule has 0 fully saturated rings. The number of likely N-dealkylation sites (N-methyl/N-ethyl adjacent to an activating group) is 1. The van der Waals surface area contributed by atoms with Crippen LogP contribution in [-0.2, 0) is 12.7 Å². The molecule has 3 rings (SSSR count).